The monoisotopic (exact) mass is 395 g/mol. The van der Waals surface area contributed by atoms with Crippen LogP contribution in [-0.4, -0.2) is 24.3 Å². The minimum atomic E-state index is -0.509. The zero-order valence-electron chi connectivity index (χ0n) is 15.3. The van der Waals surface area contributed by atoms with Crippen molar-refractivity contribution in [2.24, 2.45) is 5.10 Å². The van der Waals surface area contributed by atoms with Crippen molar-refractivity contribution in [1.29, 1.82) is 0 Å². The maximum absolute atomic E-state index is 12.2. The quantitative estimate of drug-likeness (QED) is 0.283. The second kappa shape index (κ2) is 9.01. The lowest BCUT2D eigenvalue weighted by Gasteiger charge is -2.10. The zero-order valence-corrected chi connectivity index (χ0v) is 16.1. The molecule has 28 heavy (non-hydrogen) atoms. The molecular weight excluding hydrogens is 378 g/mol. The van der Waals surface area contributed by atoms with Gasteiger partial charge in [-0.1, -0.05) is 17.7 Å². The number of hydrogen-bond acceptors (Lipinski definition) is 6. The summed E-state index contributed by atoms with van der Waals surface area (Å²) < 4.78 is 10.7. The minimum Gasteiger partial charge on any atom is -0.493 e. The maximum Gasteiger partial charge on any atom is 0.345 e. The highest BCUT2D eigenvalue weighted by molar-refractivity contribution is 6.31. The summed E-state index contributed by atoms with van der Waals surface area (Å²) in [5.74, 6) is 0.220. The van der Waals surface area contributed by atoms with Crippen LogP contribution in [0.2, 0.25) is 5.02 Å². The van der Waals surface area contributed by atoms with Crippen molar-refractivity contribution in [3.8, 4) is 11.5 Å². The lowest BCUT2D eigenvalue weighted by Crippen LogP contribution is -2.09. The van der Waals surface area contributed by atoms with Gasteiger partial charge in [0, 0.05) is 17.4 Å². The first-order valence-electron chi connectivity index (χ1n) is 8.42. The number of hydrazone groups is 1. The Labute approximate surface area is 167 Å². The normalized spacial score (nSPS) is 10.7. The van der Waals surface area contributed by atoms with Crippen molar-refractivity contribution in [2.45, 2.75) is 6.92 Å². The molecule has 3 rings (SSSR count). The van der Waals surface area contributed by atoms with Gasteiger partial charge in [-0.2, -0.15) is 5.10 Å². The van der Waals surface area contributed by atoms with Gasteiger partial charge in [-0.3, -0.25) is 10.4 Å². The Morgan fingerprint density at radius 1 is 1.18 bits per heavy atom. The number of benzene rings is 2. The van der Waals surface area contributed by atoms with E-state index in [1.165, 1.54) is 13.3 Å². The van der Waals surface area contributed by atoms with Crippen LogP contribution in [0.1, 0.15) is 21.5 Å². The van der Waals surface area contributed by atoms with E-state index in [0.29, 0.717) is 22.1 Å². The predicted octanol–water partition coefficient (Wildman–Crippen LogP) is 4.72. The van der Waals surface area contributed by atoms with Gasteiger partial charge in [0.25, 0.3) is 0 Å². The number of carbonyl (C=O) groups is 1. The summed E-state index contributed by atoms with van der Waals surface area (Å²) in [6.07, 6.45) is 4.66. The number of carbonyl (C=O) groups excluding carboxylic acids is 1. The number of rotatable bonds is 6. The lowest BCUT2D eigenvalue weighted by atomic mass is 10.2. The number of hydrogen-bond donors (Lipinski definition) is 1. The fraction of sp³-hybridized carbons (Fsp3) is 0.0952. The van der Waals surface area contributed by atoms with Crippen LogP contribution >= 0.6 is 11.6 Å². The van der Waals surface area contributed by atoms with E-state index in [1.807, 2.05) is 19.1 Å². The molecule has 142 valence electrons. The SMILES string of the molecule is COc1cc(/C=N\Nc2ccc(C)c(Cl)c2)ccc1OC(=O)c1cccnc1. The third-order valence-corrected chi connectivity index (χ3v) is 4.27. The van der Waals surface area contributed by atoms with Gasteiger partial charge in [-0.25, -0.2) is 4.79 Å². The van der Waals surface area contributed by atoms with Crippen molar-refractivity contribution in [3.63, 3.8) is 0 Å². The third kappa shape index (κ3) is 4.86. The zero-order chi connectivity index (χ0) is 19.9. The number of ether oxygens (including phenoxy) is 2. The maximum atomic E-state index is 12.2. The summed E-state index contributed by atoms with van der Waals surface area (Å²) in [5, 5.41) is 4.86. The molecule has 0 saturated carbocycles. The van der Waals surface area contributed by atoms with Crippen molar-refractivity contribution in [1.82, 2.24) is 4.98 Å². The van der Waals surface area contributed by atoms with Gasteiger partial charge in [0.1, 0.15) is 0 Å². The van der Waals surface area contributed by atoms with Crippen molar-refractivity contribution in [2.75, 3.05) is 12.5 Å². The van der Waals surface area contributed by atoms with Crippen LogP contribution in [0.25, 0.3) is 0 Å². The smallest absolute Gasteiger partial charge is 0.345 e. The molecule has 6 nitrogen and oxygen atoms in total. The Balaban J connectivity index is 1.70. The Morgan fingerprint density at radius 3 is 2.75 bits per heavy atom. The Morgan fingerprint density at radius 2 is 2.04 bits per heavy atom. The van der Waals surface area contributed by atoms with Crippen LogP contribution < -0.4 is 14.9 Å². The van der Waals surface area contributed by atoms with Gasteiger partial charge < -0.3 is 9.47 Å². The molecule has 0 aliphatic rings. The van der Waals surface area contributed by atoms with E-state index in [9.17, 15) is 4.79 Å². The highest BCUT2D eigenvalue weighted by Gasteiger charge is 2.12. The molecule has 1 N–H and O–H groups in total. The highest BCUT2D eigenvalue weighted by Crippen LogP contribution is 2.28. The van der Waals surface area contributed by atoms with E-state index in [2.05, 4.69) is 15.5 Å². The van der Waals surface area contributed by atoms with E-state index in [4.69, 9.17) is 21.1 Å². The molecule has 0 fully saturated rings. The van der Waals surface area contributed by atoms with E-state index < -0.39 is 5.97 Å². The van der Waals surface area contributed by atoms with Crippen molar-refractivity contribution in [3.05, 3.63) is 82.6 Å². The Kier molecular flexibility index (Phi) is 6.24. The van der Waals surface area contributed by atoms with Gasteiger partial charge in [-0.05, 0) is 60.5 Å². The summed E-state index contributed by atoms with van der Waals surface area (Å²) in [7, 11) is 1.50. The van der Waals surface area contributed by atoms with E-state index in [0.717, 1.165) is 16.8 Å². The fourth-order valence-electron chi connectivity index (χ4n) is 2.33. The average Bonchev–Trinajstić information content (AvgIpc) is 2.72. The van der Waals surface area contributed by atoms with Crippen LogP contribution in [0.15, 0.2) is 66.0 Å². The number of methoxy groups -OCH3 is 1. The van der Waals surface area contributed by atoms with Crippen LogP contribution in [-0.2, 0) is 0 Å². The number of anilines is 1. The second-order valence-corrected chi connectivity index (χ2v) is 6.28. The number of aryl methyl sites for hydroxylation is 1. The third-order valence-electron chi connectivity index (χ3n) is 3.87. The number of nitrogens with one attached hydrogen (secondary N) is 1. The number of esters is 1. The summed E-state index contributed by atoms with van der Waals surface area (Å²) in [5.41, 5.74) is 5.82. The molecule has 0 aliphatic heterocycles. The highest BCUT2D eigenvalue weighted by atomic mass is 35.5. The first-order chi connectivity index (χ1) is 13.6. The summed E-state index contributed by atoms with van der Waals surface area (Å²) >= 11 is 6.10. The van der Waals surface area contributed by atoms with E-state index >= 15 is 0 Å². The minimum absolute atomic E-state index is 0.312. The molecule has 0 unspecified atom stereocenters. The molecule has 0 saturated heterocycles. The first kappa shape index (κ1) is 19.4. The van der Waals surface area contributed by atoms with Crippen LogP contribution in [0.5, 0.6) is 11.5 Å². The molecule has 0 radical (unpaired) electrons. The Hall–Kier alpha value is -3.38. The number of halogens is 1. The molecular formula is C21H18ClN3O3. The van der Waals surface area contributed by atoms with Gasteiger partial charge in [0.05, 0.1) is 24.6 Å². The predicted molar refractivity (Wildman–Crippen MR) is 110 cm³/mol. The number of pyridine rings is 1. The molecule has 2 aromatic carbocycles. The van der Waals surface area contributed by atoms with Gasteiger partial charge >= 0.3 is 5.97 Å². The summed E-state index contributed by atoms with van der Waals surface area (Å²) in [6, 6.07) is 14.0. The molecule has 1 heterocycles. The number of nitrogens with zero attached hydrogens (tertiary/aromatic N) is 2. The molecule has 0 atom stereocenters. The molecule has 0 amide bonds. The second-order valence-electron chi connectivity index (χ2n) is 5.88. The number of aromatic nitrogens is 1. The molecule has 1 aromatic heterocycles. The van der Waals surface area contributed by atoms with Gasteiger partial charge in [0.2, 0.25) is 0 Å². The topological polar surface area (TPSA) is 72.8 Å². The van der Waals surface area contributed by atoms with Gasteiger partial charge in [-0.15, -0.1) is 0 Å². The first-order valence-corrected chi connectivity index (χ1v) is 8.80. The van der Waals surface area contributed by atoms with Gasteiger partial charge in [0.15, 0.2) is 11.5 Å². The van der Waals surface area contributed by atoms with Crippen LogP contribution in [0.3, 0.4) is 0 Å². The molecule has 7 heteroatoms. The van der Waals surface area contributed by atoms with E-state index in [-0.39, 0.29) is 0 Å². The summed E-state index contributed by atoms with van der Waals surface area (Å²) in [6.45, 7) is 1.93. The lowest BCUT2D eigenvalue weighted by molar-refractivity contribution is 0.0729. The standard InChI is InChI=1S/C21H18ClN3O3/c1-14-5-7-17(11-18(14)22)25-24-12-15-6-8-19(20(10-15)27-2)28-21(26)16-4-3-9-23-13-16/h3-13,25H,1-2H3/b24-12-. The molecule has 3 aromatic rings. The molecule has 0 aliphatic carbocycles. The van der Waals surface area contributed by atoms with E-state index in [1.54, 1.807) is 48.8 Å². The van der Waals surface area contributed by atoms with Crippen molar-refractivity contribution >= 4 is 29.5 Å². The molecule has 0 bridgehead atoms. The molecule has 0 spiro atoms. The van der Waals surface area contributed by atoms with Crippen molar-refractivity contribution < 1.29 is 14.3 Å². The largest absolute Gasteiger partial charge is 0.493 e. The fourth-order valence-corrected chi connectivity index (χ4v) is 2.52. The average molecular weight is 396 g/mol. The van der Waals surface area contributed by atoms with Crippen LogP contribution in [0, 0.1) is 6.92 Å². The summed E-state index contributed by atoms with van der Waals surface area (Å²) in [4.78, 5) is 16.1. The van der Waals surface area contributed by atoms with Crippen LogP contribution in [0.4, 0.5) is 5.69 Å². The Bertz CT molecular complexity index is 1010.